The van der Waals surface area contributed by atoms with Gasteiger partial charge >= 0.3 is 6.03 Å². The molecule has 32 heavy (non-hydrogen) atoms. The maximum Gasteiger partial charge on any atom is 0.316 e. The summed E-state index contributed by atoms with van der Waals surface area (Å²) in [6.45, 7) is 6.00. The number of ether oxygens (including phenoxy) is 1. The Morgan fingerprint density at radius 3 is 2.78 bits per heavy atom. The second-order valence-electron chi connectivity index (χ2n) is 8.33. The Bertz CT molecular complexity index is 979. The predicted molar refractivity (Wildman–Crippen MR) is 128 cm³/mol. The van der Waals surface area contributed by atoms with Crippen LogP contribution in [-0.4, -0.2) is 61.8 Å². The molecule has 0 radical (unpaired) electrons. The molecule has 170 valence electrons. The monoisotopic (exact) mass is 456 g/mol. The largest absolute Gasteiger partial charge is 0.493 e. The summed E-state index contributed by atoms with van der Waals surface area (Å²) in [5.41, 5.74) is 8.28. The molecule has 1 unspecified atom stereocenters. The zero-order valence-electron chi connectivity index (χ0n) is 18.5. The van der Waals surface area contributed by atoms with Crippen LogP contribution >= 0.6 is 11.6 Å². The van der Waals surface area contributed by atoms with Gasteiger partial charge in [-0.15, -0.1) is 0 Å². The zero-order valence-corrected chi connectivity index (χ0v) is 19.2. The van der Waals surface area contributed by atoms with E-state index in [4.69, 9.17) is 22.1 Å². The van der Waals surface area contributed by atoms with E-state index >= 15 is 0 Å². The van der Waals surface area contributed by atoms with Crippen LogP contribution in [0.3, 0.4) is 0 Å². The molecule has 1 aromatic rings. The van der Waals surface area contributed by atoms with Crippen molar-refractivity contribution in [3.8, 4) is 5.75 Å². The molecule has 3 aliphatic heterocycles. The van der Waals surface area contributed by atoms with Crippen LogP contribution in [0.2, 0.25) is 5.02 Å². The van der Waals surface area contributed by atoms with Crippen LogP contribution in [0, 0.1) is 0 Å². The predicted octanol–water partition coefficient (Wildman–Crippen LogP) is 3.56. The van der Waals surface area contributed by atoms with Crippen LogP contribution in [0.25, 0.3) is 0 Å². The molecule has 3 N–H and O–H groups in total. The van der Waals surface area contributed by atoms with E-state index < -0.39 is 6.03 Å². The Labute approximate surface area is 194 Å². The molecule has 0 aromatic heterocycles. The van der Waals surface area contributed by atoms with Crippen molar-refractivity contribution in [1.29, 1.82) is 0 Å². The fourth-order valence-corrected chi connectivity index (χ4v) is 4.91. The minimum absolute atomic E-state index is 0.534. The summed E-state index contributed by atoms with van der Waals surface area (Å²) in [4.78, 5) is 16.1. The fourth-order valence-electron chi connectivity index (χ4n) is 4.66. The molecule has 3 heterocycles. The molecule has 1 saturated heterocycles. The molecule has 1 aromatic carbocycles. The first-order chi connectivity index (χ1) is 15.5. The average Bonchev–Trinajstić information content (AvgIpc) is 3.14. The van der Waals surface area contributed by atoms with Gasteiger partial charge in [0.25, 0.3) is 0 Å². The summed E-state index contributed by atoms with van der Waals surface area (Å²) < 4.78 is 6.15. The summed E-state index contributed by atoms with van der Waals surface area (Å²) >= 11 is 6.29. The minimum Gasteiger partial charge on any atom is -0.493 e. The van der Waals surface area contributed by atoms with Crippen LogP contribution in [-0.2, 0) is 0 Å². The summed E-state index contributed by atoms with van der Waals surface area (Å²) in [6, 6.07) is 5.38. The number of unbranched alkanes of at least 4 members (excludes halogenated alkanes) is 1. The summed E-state index contributed by atoms with van der Waals surface area (Å²) in [7, 11) is 1.67. The number of rotatable bonds is 8. The first-order valence-corrected chi connectivity index (χ1v) is 11.4. The van der Waals surface area contributed by atoms with Crippen LogP contribution in [0.5, 0.6) is 5.75 Å². The van der Waals surface area contributed by atoms with Crippen LogP contribution in [0.15, 0.2) is 66.3 Å². The lowest BCUT2D eigenvalue weighted by molar-refractivity contribution is -0.783. The van der Waals surface area contributed by atoms with Gasteiger partial charge in [-0.2, -0.15) is 0 Å². The quantitative estimate of drug-likeness (QED) is 0.463. The molecule has 1 fully saturated rings. The average molecular weight is 457 g/mol. The number of nitrogens with one attached hydrogen (secondary N) is 1. The number of nitrogens with zero attached hydrogens (tertiary/aromatic N) is 3. The highest BCUT2D eigenvalue weighted by atomic mass is 35.5. The molecule has 1 atom stereocenters. The number of carbonyl (C=O) groups excluding carboxylic acids is 1. The summed E-state index contributed by atoms with van der Waals surface area (Å²) in [5.74, 6) is 0.757. The number of piperazine rings is 1. The molecule has 7 nitrogen and oxygen atoms in total. The lowest BCUT2D eigenvalue weighted by Gasteiger charge is -2.37. The Kier molecular flexibility index (Phi) is 6.89. The zero-order chi connectivity index (χ0) is 22.6. The Balaban J connectivity index is 1.26. The van der Waals surface area contributed by atoms with Gasteiger partial charge in [-0.3, -0.25) is 4.90 Å². The van der Waals surface area contributed by atoms with E-state index in [0.29, 0.717) is 9.51 Å². The van der Waals surface area contributed by atoms with Gasteiger partial charge in [0.2, 0.25) is 0 Å². The number of primary amides is 1. The number of carbonyl (C=O) groups is 1. The fraction of sp³-hybridized carbons (Fsp3) is 0.375. The molecule has 4 rings (SSSR count). The number of halogens is 1. The highest BCUT2D eigenvalue weighted by molar-refractivity contribution is 6.32. The van der Waals surface area contributed by atoms with Crippen LogP contribution in [0.1, 0.15) is 12.8 Å². The number of hydrogen-bond acceptors (Lipinski definition) is 4. The van der Waals surface area contributed by atoms with E-state index in [1.807, 2.05) is 24.3 Å². The van der Waals surface area contributed by atoms with Gasteiger partial charge in [-0.1, -0.05) is 23.7 Å². The number of allylic oxidation sites excluding steroid dienone is 4. The van der Waals surface area contributed by atoms with Crippen LogP contribution < -0.4 is 20.7 Å². The van der Waals surface area contributed by atoms with E-state index in [0.717, 1.165) is 74.9 Å². The van der Waals surface area contributed by atoms with Gasteiger partial charge in [0.15, 0.2) is 5.75 Å². The maximum atomic E-state index is 11.2. The second-order valence-corrected chi connectivity index (χ2v) is 8.73. The van der Waals surface area contributed by atoms with Crippen LogP contribution in [0.4, 0.5) is 10.5 Å². The number of quaternary nitrogens is 1. The molecule has 2 amide bonds. The highest BCUT2D eigenvalue weighted by Gasteiger charge is 2.34. The molecule has 8 heteroatoms. The number of methoxy groups -OCH3 is 1. The van der Waals surface area contributed by atoms with Gasteiger partial charge in [-0.05, 0) is 37.6 Å². The number of fused-ring (bicyclic) bond motifs is 1. The van der Waals surface area contributed by atoms with Crippen molar-refractivity contribution in [3.05, 3.63) is 71.3 Å². The van der Waals surface area contributed by atoms with Crippen molar-refractivity contribution in [2.75, 3.05) is 51.3 Å². The molecule has 0 spiro atoms. The van der Waals surface area contributed by atoms with Crippen molar-refractivity contribution in [1.82, 2.24) is 10.2 Å². The number of urea groups is 1. The SMILES string of the molecule is COc1c(Cl)cccc1N1CCN(CCCC[N+]23C=CC=CC2=CC(NC(N)=O)=C3)CC1. The second kappa shape index (κ2) is 9.81. The highest BCUT2D eigenvalue weighted by Crippen LogP contribution is 2.36. The Morgan fingerprint density at radius 1 is 1.22 bits per heavy atom. The number of nitrogens with two attached hydrogens (primary N) is 1. The first kappa shape index (κ1) is 22.5. The van der Waals surface area contributed by atoms with Crippen molar-refractivity contribution in [2.45, 2.75) is 12.8 Å². The van der Waals surface area contributed by atoms with Gasteiger partial charge in [-0.25, -0.2) is 9.28 Å². The minimum atomic E-state index is -0.534. The third-order valence-electron chi connectivity index (χ3n) is 6.27. The topological polar surface area (TPSA) is 70.8 Å². The number of benzene rings is 1. The smallest absolute Gasteiger partial charge is 0.316 e. The van der Waals surface area contributed by atoms with E-state index in [2.05, 4.69) is 45.7 Å². The number of amides is 2. The molecule has 0 bridgehead atoms. The van der Waals surface area contributed by atoms with Crippen molar-refractivity contribution in [2.24, 2.45) is 5.73 Å². The van der Waals surface area contributed by atoms with Gasteiger partial charge in [0, 0.05) is 38.3 Å². The van der Waals surface area contributed by atoms with Crippen molar-refractivity contribution in [3.63, 3.8) is 0 Å². The third kappa shape index (κ3) is 4.85. The standard InChI is InChI=1S/C24H30ClN5O2/c1-32-23-21(25)8-6-9-22(23)29-13-11-28(12-14-29)10-3-5-16-30-15-4-2-7-20(30)17-19(18-30)27-24(26)31/h2,4,6-9,15,17-18H,3,5,10-14,16H2,1H3,(H2-,26,27,31)/p+1. The molecular formula is C24H31ClN5O2+. The normalized spacial score (nSPS) is 22.4. The molecule has 0 aliphatic carbocycles. The van der Waals surface area contributed by atoms with Crippen molar-refractivity contribution >= 4 is 23.3 Å². The molecule has 0 saturated carbocycles. The summed E-state index contributed by atoms with van der Waals surface area (Å²) in [6.07, 6.45) is 14.6. The first-order valence-electron chi connectivity index (χ1n) is 11.1. The van der Waals surface area contributed by atoms with E-state index in [1.54, 1.807) is 7.11 Å². The number of para-hydroxylation sites is 1. The lowest BCUT2D eigenvalue weighted by atomic mass is 10.2. The van der Waals surface area contributed by atoms with E-state index in [-0.39, 0.29) is 0 Å². The van der Waals surface area contributed by atoms with Gasteiger partial charge in [0.05, 0.1) is 24.4 Å². The lowest BCUT2D eigenvalue weighted by Crippen LogP contribution is -2.47. The van der Waals surface area contributed by atoms with E-state index in [1.165, 1.54) is 0 Å². The molecule has 3 aliphatic rings. The third-order valence-corrected chi connectivity index (χ3v) is 6.56. The number of anilines is 1. The Morgan fingerprint density at radius 2 is 2.03 bits per heavy atom. The maximum absolute atomic E-state index is 11.2. The van der Waals surface area contributed by atoms with E-state index in [9.17, 15) is 4.79 Å². The summed E-state index contributed by atoms with van der Waals surface area (Å²) in [5, 5.41) is 3.36. The Hall–Kier alpha value is -2.74. The molecular weight excluding hydrogens is 426 g/mol. The van der Waals surface area contributed by atoms with Crippen molar-refractivity contribution < 1.29 is 14.0 Å². The van der Waals surface area contributed by atoms with Gasteiger partial charge in [0.1, 0.15) is 23.8 Å². The number of hydrogen-bond donors (Lipinski definition) is 2. The van der Waals surface area contributed by atoms with Gasteiger partial charge < -0.3 is 20.7 Å².